The zero-order chi connectivity index (χ0) is 15.1. The molecule has 0 radical (unpaired) electrons. The molecule has 1 unspecified atom stereocenters. The standard InChI is InChI=1S/C17H23ClN2S/c1-3-19-17(15-4-6-16(18)7-5-15)8-10-20(2)12-14-9-11-21-13-14/h4-7,9,11,13,17,19H,3,8,10,12H2,1-2H3. The first kappa shape index (κ1) is 16.5. The number of nitrogens with zero attached hydrogens (tertiary/aromatic N) is 1. The van der Waals surface area contributed by atoms with Crippen LogP contribution < -0.4 is 5.32 Å². The van der Waals surface area contributed by atoms with Gasteiger partial charge in [0.2, 0.25) is 0 Å². The van der Waals surface area contributed by atoms with Gasteiger partial charge in [-0.2, -0.15) is 11.3 Å². The van der Waals surface area contributed by atoms with Crippen LogP contribution >= 0.6 is 22.9 Å². The molecule has 1 aromatic carbocycles. The van der Waals surface area contributed by atoms with Crippen LogP contribution in [0, 0.1) is 0 Å². The molecule has 114 valence electrons. The van der Waals surface area contributed by atoms with Gasteiger partial charge in [-0.05, 0) is 66.6 Å². The van der Waals surface area contributed by atoms with Crippen molar-refractivity contribution in [3.05, 3.63) is 57.2 Å². The summed E-state index contributed by atoms with van der Waals surface area (Å²) in [4.78, 5) is 2.38. The Morgan fingerprint density at radius 3 is 2.62 bits per heavy atom. The summed E-state index contributed by atoms with van der Waals surface area (Å²) < 4.78 is 0. The van der Waals surface area contributed by atoms with Crippen molar-refractivity contribution in [2.24, 2.45) is 0 Å². The molecule has 0 saturated heterocycles. The van der Waals surface area contributed by atoms with Crippen molar-refractivity contribution in [2.45, 2.75) is 25.9 Å². The lowest BCUT2D eigenvalue weighted by Crippen LogP contribution is -2.27. The first-order valence-corrected chi connectivity index (χ1v) is 8.69. The molecule has 0 bridgehead atoms. The lowest BCUT2D eigenvalue weighted by molar-refractivity contribution is 0.302. The lowest BCUT2D eigenvalue weighted by Gasteiger charge is -2.22. The maximum Gasteiger partial charge on any atom is 0.0406 e. The predicted molar refractivity (Wildman–Crippen MR) is 93.1 cm³/mol. The molecule has 2 nitrogen and oxygen atoms in total. The predicted octanol–water partition coefficient (Wildman–Crippen LogP) is 4.57. The zero-order valence-electron chi connectivity index (χ0n) is 12.7. The van der Waals surface area contributed by atoms with Crippen LogP contribution in [0.5, 0.6) is 0 Å². The van der Waals surface area contributed by atoms with E-state index in [0.717, 1.165) is 31.1 Å². The number of nitrogens with one attached hydrogen (secondary N) is 1. The Hall–Kier alpha value is -0.870. The van der Waals surface area contributed by atoms with Gasteiger partial charge in [0.15, 0.2) is 0 Å². The fourth-order valence-electron chi connectivity index (χ4n) is 2.45. The first-order chi connectivity index (χ1) is 10.2. The van der Waals surface area contributed by atoms with Crippen LogP contribution in [0.4, 0.5) is 0 Å². The zero-order valence-corrected chi connectivity index (χ0v) is 14.3. The minimum Gasteiger partial charge on any atom is -0.310 e. The summed E-state index contributed by atoms with van der Waals surface area (Å²) in [5.74, 6) is 0. The molecule has 4 heteroatoms. The average molecular weight is 323 g/mol. The molecule has 0 fully saturated rings. The van der Waals surface area contributed by atoms with Crippen molar-refractivity contribution >= 4 is 22.9 Å². The number of hydrogen-bond donors (Lipinski definition) is 1. The minimum atomic E-state index is 0.386. The largest absolute Gasteiger partial charge is 0.310 e. The van der Waals surface area contributed by atoms with Crippen LogP contribution in [0.1, 0.15) is 30.5 Å². The number of benzene rings is 1. The average Bonchev–Trinajstić information content (AvgIpc) is 2.97. The molecular formula is C17H23ClN2S. The topological polar surface area (TPSA) is 15.3 Å². The third-order valence-corrected chi connectivity index (χ3v) is 4.54. The maximum atomic E-state index is 5.97. The smallest absolute Gasteiger partial charge is 0.0406 e. The van der Waals surface area contributed by atoms with E-state index >= 15 is 0 Å². The van der Waals surface area contributed by atoms with Crippen molar-refractivity contribution in [2.75, 3.05) is 20.1 Å². The van der Waals surface area contributed by atoms with Crippen LogP contribution in [-0.4, -0.2) is 25.0 Å². The highest BCUT2D eigenvalue weighted by Gasteiger charge is 2.11. The second-order valence-electron chi connectivity index (χ2n) is 5.32. The highest BCUT2D eigenvalue weighted by molar-refractivity contribution is 7.07. The maximum absolute atomic E-state index is 5.97. The second-order valence-corrected chi connectivity index (χ2v) is 6.54. The van der Waals surface area contributed by atoms with E-state index in [1.165, 1.54) is 11.1 Å². The molecular weight excluding hydrogens is 300 g/mol. The second kappa shape index (κ2) is 8.54. The molecule has 0 spiro atoms. The molecule has 0 aliphatic heterocycles. The molecule has 21 heavy (non-hydrogen) atoms. The summed E-state index contributed by atoms with van der Waals surface area (Å²) in [6, 6.07) is 10.8. The van der Waals surface area contributed by atoms with Crippen molar-refractivity contribution in [1.29, 1.82) is 0 Å². The van der Waals surface area contributed by atoms with Gasteiger partial charge in [0.05, 0.1) is 0 Å². The molecule has 1 heterocycles. The van der Waals surface area contributed by atoms with Gasteiger partial charge in [0, 0.05) is 17.6 Å². The van der Waals surface area contributed by atoms with E-state index in [1.807, 2.05) is 12.1 Å². The Labute approximate surface area is 136 Å². The van der Waals surface area contributed by atoms with Gasteiger partial charge in [0.1, 0.15) is 0 Å². The highest BCUT2D eigenvalue weighted by Crippen LogP contribution is 2.20. The molecule has 1 aromatic heterocycles. The quantitative estimate of drug-likeness (QED) is 0.765. The van der Waals surface area contributed by atoms with Crippen molar-refractivity contribution in [3.8, 4) is 0 Å². The first-order valence-electron chi connectivity index (χ1n) is 7.37. The van der Waals surface area contributed by atoms with E-state index < -0.39 is 0 Å². The number of rotatable bonds is 8. The Morgan fingerprint density at radius 1 is 1.24 bits per heavy atom. The van der Waals surface area contributed by atoms with E-state index in [4.69, 9.17) is 11.6 Å². The number of thiophene rings is 1. The van der Waals surface area contributed by atoms with E-state index in [-0.39, 0.29) is 0 Å². The third kappa shape index (κ3) is 5.44. The number of halogens is 1. The Balaban J connectivity index is 1.88. The minimum absolute atomic E-state index is 0.386. The van der Waals surface area contributed by atoms with E-state index in [9.17, 15) is 0 Å². The summed E-state index contributed by atoms with van der Waals surface area (Å²) in [5.41, 5.74) is 2.71. The van der Waals surface area contributed by atoms with Crippen LogP contribution in [0.15, 0.2) is 41.1 Å². The molecule has 0 amide bonds. The normalized spacial score (nSPS) is 12.8. The summed E-state index contributed by atoms with van der Waals surface area (Å²) >= 11 is 7.73. The van der Waals surface area contributed by atoms with Gasteiger partial charge in [-0.3, -0.25) is 0 Å². The van der Waals surface area contributed by atoms with E-state index in [1.54, 1.807) is 11.3 Å². The Morgan fingerprint density at radius 2 is 2.00 bits per heavy atom. The van der Waals surface area contributed by atoms with Crippen LogP contribution in [0.3, 0.4) is 0 Å². The molecule has 0 saturated carbocycles. The van der Waals surface area contributed by atoms with Gasteiger partial charge >= 0.3 is 0 Å². The molecule has 0 aliphatic rings. The summed E-state index contributed by atoms with van der Waals surface area (Å²) in [7, 11) is 2.18. The molecule has 1 N–H and O–H groups in total. The summed E-state index contributed by atoms with van der Waals surface area (Å²) in [6.07, 6.45) is 1.09. The van der Waals surface area contributed by atoms with Gasteiger partial charge in [0.25, 0.3) is 0 Å². The Bertz CT molecular complexity index is 510. The van der Waals surface area contributed by atoms with Crippen LogP contribution in [-0.2, 0) is 6.54 Å². The van der Waals surface area contributed by atoms with E-state index in [2.05, 4.69) is 53.1 Å². The molecule has 0 aliphatic carbocycles. The van der Waals surface area contributed by atoms with Gasteiger partial charge in [-0.1, -0.05) is 30.7 Å². The monoisotopic (exact) mass is 322 g/mol. The summed E-state index contributed by atoms with van der Waals surface area (Å²) in [5, 5.41) is 8.72. The van der Waals surface area contributed by atoms with Crippen molar-refractivity contribution in [3.63, 3.8) is 0 Å². The van der Waals surface area contributed by atoms with E-state index in [0.29, 0.717) is 6.04 Å². The van der Waals surface area contributed by atoms with Gasteiger partial charge in [-0.25, -0.2) is 0 Å². The van der Waals surface area contributed by atoms with Crippen LogP contribution in [0.25, 0.3) is 0 Å². The fraction of sp³-hybridized carbons (Fsp3) is 0.412. The Kier molecular flexibility index (Phi) is 6.71. The third-order valence-electron chi connectivity index (χ3n) is 3.55. The number of hydrogen-bond acceptors (Lipinski definition) is 3. The highest BCUT2D eigenvalue weighted by atomic mass is 35.5. The van der Waals surface area contributed by atoms with Crippen molar-refractivity contribution < 1.29 is 0 Å². The molecule has 1 atom stereocenters. The van der Waals surface area contributed by atoms with Crippen LogP contribution in [0.2, 0.25) is 5.02 Å². The van der Waals surface area contributed by atoms with Crippen molar-refractivity contribution in [1.82, 2.24) is 10.2 Å². The molecule has 2 rings (SSSR count). The summed E-state index contributed by atoms with van der Waals surface area (Å²) in [6.45, 7) is 5.21. The lowest BCUT2D eigenvalue weighted by atomic mass is 10.0. The SMILES string of the molecule is CCNC(CCN(C)Cc1ccsc1)c1ccc(Cl)cc1. The molecule has 2 aromatic rings. The van der Waals surface area contributed by atoms with Gasteiger partial charge < -0.3 is 10.2 Å². The fourth-order valence-corrected chi connectivity index (χ4v) is 3.24. The van der Waals surface area contributed by atoms with Gasteiger partial charge in [-0.15, -0.1) is 0 Å².